The standard InChI is InChI=1S/C39H41N5O6/c1-48-32-15-13-29(14-16-32)24-44-34-26-41(23-28-9-5-3-6-10-28)20-18-33(34)36(35(37(44)45)38(46)49-2)42-21-22-43(31(25-42)17-19-40)39(47)50-27-30-11-7-4-8-12-30/h3-16,31H,17-18,20-27H2,1-2H3. The van der Waals surface area contributed by atoms with E-state index in [0.717, 1.165) is 22.4 Å². The van der Waals surface area contributed by atoms with Gasteiger partial charge in [0.1, 0.15) is 17.9 Å². The van der Waals surface area contributed by atoms with E-state index in [0.29, 0.717) is 44.0 Å². The summed E-state index contributed by atoms with van der Waals surface area (Å²) < 4.78 is 17.9. The molecule has 0 aliphatic carbocycles. The first-order chi connectivity index (χ1) is 24.4. The zero-order valence-electron chi connectivity index (χ0n) is 28.4. The smallest absolute Gasteiger partial charge is 0.410 e. The minimum Gasteiger partial charge on any atom is -0.497 e. The quantitative estimate of drug-likeness (QED) is 0.214. The number of benzene rings is 3. The van der Waals surface area contributed by atoms with Crippen LogP contribution < -0.4 is 15.2 Å². The van der Waals surface area contributed by atoms with Gasteiger partial charge >= 0.3 is 12.1 Å². The topological polar surface area (TPSA) is 117 Å². The van der Waals surface area contributed by atoms with Gasteiger partial charge in [0.15, 0.2) is 0 Å². The second-order valence-corrected chi connectivity index (χ2v) is 12.5. The van der Waals surface area contributed by atoms with Crippen molar-refractivity contribution in [3.05, 3.63) is 129 Å². The van der Waals surface area contributed by atoms with Gasteiger partial charge in [-0.2, -0.15) is 5.26 Å². The van der Waals surface area contributed by atoms with E-state index in [2.05, 4.69) is 23.1 Å². The number of esters is 1. The van der Waals surface area contributed by atoms with Gasteiger partial charge in [-0.15, -0.1) is 0 Å². The number of anilines is 1. The van der Waals surface area contributed by atoms with Crippen LogP contribution in [0.4, 0.5) is 10.5 Å². The van der Waals surface area contributed by atoms with Crippen LogP contribution in [0.3, 0.4) is 0 Å². The number of hydrogen-bond donors (Lipinski definition) is 0. The number of nitriles is 1. The van der Waals surface area contributed by atoms with Crippen molar-refractivity contribution in [1.82, 2.24) is 14.4 Å². The molecule has 0 spiro atoms. The van der Waals surface area contributed by atoms with E-state index in [9.17, 15) is 19.6 Å². The molecular weight excluding hydrogens is 634 g/mol. The molecule has 2 aliphatic rings. The predicted octanol–water partition coefficient (Wildman–Crippen LogP) is 4.99. The third kappa shape index (κ3) is 7.51. The Morgan fingerprint density at radius 1 is 0.860 bits per heavy atom. The van der Waals surface area contributed by atoms with Crippen molar-refractivity contribution in [3.63, 3.8) is 0 Å². The maximum atomic E-state index is 14.6. The van der Waals surface area contributed by atoms with Gasteiger partial charge in [0.25, 0.3) is 5.56 Å². The minimum absolute atomic E-state index is 0.0351. The Bertz CT molecular complexity index is 1910. The Labute approximate surface area is 291 Å². The minimum atomic E-state index is -0.718. The van der Waals surface area contributed by atoms with E-state index in [-0.39, 0.29) is 38.2 Å². The highest BCUT2D eigenvalue weighted by Gasteiger charge is 2.37. The number of rotatable bonds is 10. The lowest BCUT2D eigenvalue weighted by Gasteiger charge is -2.43. The van der Waals surface area contributed by atoms with Crippen LogP contribution in [-0.2, 0) is 42.1 Å². The number of nitrogens with zero attached hydrogens (tertiary/aromatic N) is 5. The lowest BCUT2D eigenvalue weighted by atomic mass is 9.95. The molecule has 6 rings (SSSR count). The second-order valence-electron chi connectivity index (χ2n) is 12.5. The van der Waals surface area contributed by atoms with Crippen molar-refractivity contribution < 1.29 is 23.8 Å². The largest absolute Gasteiger partial charge is 0.497 e. The van der Waals surface area contributed by atoms with Crippen molar-refractivity contribution in [1.29, 1.82) is 5.26 Å². The monoisotopic (exact) mass is 675 g/mol. The van der Waals surface area contributed by atoms with E-state index >= 15 is 0 Å². The van der Waals surface area contributed by atoms with Crippen LogP contribution in [0.25, 0.3) is 0 Å². The Kier molecular flexibility index (Phi) is 10.8. The Hall–Kier alpha value is -5.60. The second kappa shape index (κ2) is 15.7. The first kappa shape index (κ1) is 34.3. The van der Waals surface area contributed by atoms with Crippen LogP contribution in [-0.4, -0.2) is 72.9 Å². The molecule has 3 aromatic carbocycles. The highest BCUT2D eigenvalue weighted by molar-refractivity contribution is 5.96. The van der Waals surface area contributed by atoms with Crippen LogP contribution in [0.15, 0.2) is 89.7 Å². The van der Waals surface area contributed by atoms with Gasteiger partial charge in [-0.3, -0.25) is 9.69 Å². The number of hydrogen-bond acceptors (Lipinski definition) is 9. The number of methoxy groups -OCH3 is 2. The number of pyridine rings is 1. The lowest BCUT2D eigenvalue weighted by Crippen LogP contribution is -2.56. The van der Waals surface area contributed by atoms with Gasteiger partial charge in [0, 0.05) is 45.0 Å². The number of piperazine rings is 1. The number of amides is 1. The highest BCUT2D eigenvalue weighted by Crippen LogP contribution is 2.34. The lowest BCUT2D eigenvalue weighted by molar-refractivity contribution is 0.0595. The zero-order chi connectivity index (χ0) is 35.0. The summed E-state index contributed by atoms with van der Waals surface area (Å²) >= 11 is 0. The van der Waals surface area contributed by atoms with Crippen LogP contribution >= 0.6 is 0 Å². The van der Waals surface area contributed by atoms with Gasteiger partial charge in [-0.1, -0.05) is 72.8 Å². The number of carbonyl (C=O) groups is 2. The Morgan fingerprint density at radius 2 is 1.54 bits per heavy atom. The molecule has 0 radical (unpaired) electrons. The average molecular weight is 676 g/mol. The van der Waals surface area contributed by atoms with Crippen LogP contribution in [0.2, 0.25) is 0 Å². The summed E-state index contributed by atoms with van der Waals surface area (Å²) in [6.07, 6.45) is 0.147. The van der Waals surface area contributed by atoms with Crippen LogP contribution in [0, 0.1) is 11.3 Å². The number of aromatic nitrogens is 1. The van der Waals surface area contributed by atoms with E-state index < -0.39 is 23.7 Å². The highest BCUT2D eigenvalue weighted by atomic mass is 16.6. The fourth-order valence-corrected chi connectivity index (χ4v) is 6.89. The maximum absolute atomic E-state index is 14.6. The summed E-state index contributed by atoms with van der Waals surface area (Å²) in [6, 6.07) is 28.8. The van der Waals surface area contributed by atoms with Crippen molar-refractivity contribution in [2.45, 2.75) is 45.1 Å². The van der Waals surface area contributed by atoms with E-state index in [1.54, 1.807) is 16.6 Å². The first-order valence-electron chi connectivity index (χ1n) is 16.8. The van der Waals surface area contributed by atoms with Crippen molar-refractivity contribution in [2.24, 2.45) is 0 Å². The average Bonchev–Trinajstić information content (AvgIpc) is 3.15. The molecule has 3 heterocycles. The summed E-state index contributed by atoms with van der Waals surface area (Å²) in [4.78, 5) is 47.3. The molecular formula is C39H41N5O6. The van der Waals surface area contributed by atoms with Gasteiger partial charge in [-0.05, 0) is 40.8 Å². The number of carbonyl (C=O) groups excluding carboxylic acids is 2. The molecule has 50 heavy (non-hydrogen) atoms. The van der Waals surface area contributed by atoms with Gasteiger partial charge in [0.2, 0.25) is 0 Å². The van der Waals surface area contributed by atoms with Gasteiger partial charge in [0.05, 0.1) is 45.0 Å². The molecule has 11 heteroatoms. The molecule has 1 saturated heterocycles. The fourth-order valence-electron chi connectivity index (χ4n) is 6.89. The third-order valence-electron chi connectivity index (χ3n) is 9.41. The van der Waals surface area contributed by atoms with E-state index in [1.807, 2.05) is 77.7 Å². The normalized spacial score (nSPS) is 15.9. The number of fused-ring (bicyclic) bond motifs is 1. The molecule has 2 aliphatic heterocycles. The Balaban J connectivity index is 1.37. The van der Waals surface area contributed by atoms with E-state index in [4.69, 9.17) is 14.2 Å². The van der Waals surface area contributed by atoms with Crippen molar-refractivity contribution in [2.75, 3.05) is 45.3 Å². The van der Waals surface area contributed by atoms with Crippen LogP contribution in [0.1, 0.15) is 44.7 Å². The predicted molar refractivity (Wildman–Crippen MR) is 188 cm³/mol. The van der Waals surface area contributed by atoms with Crippen LogP contribution in [0.5, 0.6) is 5.75 Å². The summed E-state index contributed by atoms with van der Waals surface area (Å²) in [6.45, 7) is 3.14. The fraction of sp³-hybridized carbons (Fsp3) is 0.333. The zero-order valence-corrected chi connectivity index (χ0v) is 28.4. The van der Waals surface area contributed by atoms with Crippen molar-refractivity contribution in [3.8, 4) is 11.8 Å². The maximum Gasteiger partial charge on any atom is 0.410 e. The molecule has 0 saturated carbocycles. The molecule has 258 valence electrons. The van der Waals surface area contributed by atoms with Gasteiger partial charge in [-0.25, -0.2) is 9.59 Å². The molecule has 0 bridgehead atoms. The summed E-state index contributed by atoms with van der Waals surface area (Å²) in [5, 5.41) is 9.77. The third-order valence-corrected chi connectivity index (χ3v) is 9.41. The molecule has 0 N–H and O–H groups in total. The summed E-state index contributed by atoms with van der Waals surface area (Å²) in [7, 11) is 2.88. The molecule has 11 nitrogen and oxygen atoms in total. The van der Waals surface area contributed by atoms with E-state index in [1.165, 1.54) is 12.7 Å². The Morgan fingerprint density at radius 3 is 2.20 bits per heavy atom. The molecule has 1 fully saturated rings. The molecule has 1 aromatic heterocycles. The number of ether oxygens (including phenoxy) is 3. The summed E-state index contributed by atoms with van der Waals surface area (Å²) in [5.41, 5.74) is 4.70. The summed E-state index contributed by atoms with van der Waals surface area (Å²) in [5.74, 6) is -0.0118. The SMILES string of the molecule is COC(=O)c1c(N2CCN(C(=O)OCc3ccccc3)C(CC#N)C2)c2c(n(Cc3ccc(OC)cc3)c1=O)CN(Cc1ccccc1)CC2. The van der Waals surface area contributed by atoms with Crippen molar-refractivity contribution >= 4 is 17.7 Å². The molecule has 1 atom stereocenters. The molecule has 4 aromatic rings. The molecule has 1 amide bonds. The van der Waals surface area contributed by atoms with Gasteiger partial charge < -0.3 is 28.6 Å². The molecule has 1 unspecified atom stereocenters. The first-order valence-corrected chi connectivity index (χ1v) is 16.8.